The number of hydrogen-bond acceptors (Lipinski definition) is 3. The number of para-hydroxylation sites is 1. The zero-order valence-electron chi connectivity index (χ0n) is 15.0. The lowest BCUT2D eigenvalue weighted by Gasteiger charge is -2.10. The van der Waals surface area contributed by atoms with Gasteiger partial charge in [-0.15, -0.1) is 0 Å². The second-order valence-electron chi connectivity index (χ2n) is 5.97. The number of hydrogen-bond donors (Lipinski definition) is 2. The second-order valence-corrected chi connectivity index (χ2v) is 6.37. The molecule has 0 saturated carbocycles. The first-order valence-electron chi connectivity index (χ1n) is 8.31. The summed E-state index contributed by atoms with van der Waals surface area (Å²) in [6, 6.07) is 10.9. The molecule has 1 heterocycles. The first-order chi connectivity index (χ1) is 12.5. The number of methoxy groups -OCH3 is 2. The van der Waals surface area contributed by atoms with E-state index in [2.05, 4.69) is 10.3 Å². The third-order valence-corrected chi connectivity index (χ3v) is 4.73. The molecule has 3 aromatic rings. The Morgan fingerprint density at radius 3 is 2.65 bits per heavy atom. The Morgan fingerprint density at radius 1 is 1.15 bits per heavy atom. The molecule has 3 rings (SSSR count). The molecule has 0 spiro atoms. The van der Waals surface area contributed by atoms with Crippen LogP contribution in [0.25, 0.3) is 10.9 Å². The van der Waals surface area contributed by atoms with E-state index in [0.717, 1.165) is 22.2 Å². The third kappa shape index (κ3) is 3.48. The summed E-state index contributed by atoms with van der Waals surface area (Å²) < 4.78 is 10.4. The minimum absolute atomic E-state index is 0.151. The van der Waals surface area contributed by atoms with Crippen molar-refractivity contribution in [2.45, 2.75) is 13.3 Å². The zero-order valence-corrected chi connectivity index (χ0v) is 15.7. The van der Waals surface area contributed by atoms with Crippen molar-refractivity contribution in [3.05, 3.63) is 58.2 Å². The molecule has 0 aliphatic rings. The summed E-state index contributed by atoms with van der Waals surface area (Å²) in [6.07, 6.45) is 0.713. The van der Waals surface area contributed by atoms with Crippen LogP contribution in [0.1, 0.15) is 21.6 Å². The van der Waals surface area contributed by atoms with E-state index in [9.17, 15) is 4.79 Å². The molecule has 0 atom stereocenters. The fourth-order valence-electron chi connectivity index (χ4n) is 3.07. The molecule has 0 aliphatic heterocycles. The number of aryl methyl sites for hydroxylation is 1. The van der Waals surface area contributed by atoms with Gasteiger partial charge >= 0.3 is 0 Å². The molecule has 5 nitrogen and oxygen atoms in total. The van der Waals surface area contributed by atoms with Crippen LogP contribution in [0.15, 0.2) is 36.4 Å². The van der Waals surface area contributed by atoms with E-state index in [-0.39, 0.29) is 5.91 Å². The van der Waals surface area contributed by atoms with Gasteiger partial charge in [0.25, 0.3) is 5.91 Å². The summed E-state index contributed by atoms with van der Waals surface area (Å²) in [7, 11) is 3.11. The summed E-state index contributed by atoms with van der Waals surface area (Å²) in [4.78, 5) is 15.7. The molecule has 136 valence electrons. The van der Waals surface area contributed by atoms with Gasteiger partial charge < -0.3 is 19.8 Å². The molecular formula is C20H21ClN2O3. The van der Waals surface area contributed by atoms with Crippen molar-refractivity contribution in [2.24, 2.45) is 0 Å². The first-order valence-corrected chi connectivity index (χ1v) is 8.68. The largest absolute Gasteiger partial charge is 0.493 e. The molecule has 1 amide bonds. The van der Waals surface area contributed by atoms with Crippen molar-refractivity contribution in [3.63, 3.8) is 0 Å². The average Bonchev–Trinajstić information content (AvgIpc) is 2.98. The highest BCUT2D eigenvalue weighted by atomic mass is 35.5. The number of rotatable bonds is 6. The number of benzene rings is 2. The van der Waals surface area contributed by atoms with Crippen molar-refractivity contribution in [2.75, 3.05) is 20.8 Å². The molecule has 6 heteroatoms. The average molecular weight is 373 g/mol. The van der Waals surface area contributed by atoms with Gasteiger partial charge in [-0.05, 0) is 43.2 Å². The van der Waals surface area contributed by atoms with E-state index in [0.29, 0.717) is 35.1 Å². The summed E-state index contributed by atoms with van der Waals surface area (Å²) in [5, 5.41) is 4.74. The number of carbonyl (C=O) groups excluding carboxylic acids is 1. The number of carbonyl (C=O) groups is 1. The maximum atomic E-state index is 12.4. The molecule has 0 radical (unpaired) electrons. The molecular weight excluding hydrogens is 352 g/mol. The van der Waals surface area contributed by atoms with Crippen LogP contribution in [0.4, 0.5) is 0 Å². The number of fused-ring (bicyclic) bond motifs is 1. The van der Waals surface area contributed by atoms with Crippen LogP contribution in [0, 0.1) is 6.92 Å². The van der Waals surface area contributed by atoms with Gasteiger partial charge in [0.05, 0.1) is 24.8 Å². The van der Waals surface area contributed by atoms with Crippen LogP contribution in [-0.4, -0.2) is 31.7 Å². The molecule has 0 fully saturated rings. The summed E-state index contributed by atoms with van der Waals surface area (Å²) in [5.74, 6) is 0.971. The van der Waals surface area contributed by atoms with Crippen LogP contribution < -0.4 is 14.8 Å². The fraction of sp³-hybridized carbons (Fsp3) is 0.250. The van der Waals surface area contributed by atoms with Crippen molar-refractivity contribution >= 4 is 28.4 Å². The van der Waals surface area contributed by atoms with Gasteiger partial charge in [-0.1, -0.05) is 23.7 Å². The summed E-state index contributed by atoms with van der Waals surface area (Å²) >= 11 is 6.24. The van der Waals surface area contributed by atoms with Gasteiger partial charge in [-0.25, -0.2) is 0 Å². The molecule has 26 heavy (non-hydrogen) atoms. The normalized spacial score (nSPS) is 10.8. The Morgan fingerprint density at radius 2 is 1.92 bits per heavy atom. The number of nitrogens with one attached hydrogen (secondary N) is 2. The number of aromatic amines is 1. The minimum Gasteiger partial charge on any atom is -0.493 e. The van der Waals surface area contributed by atoms with E-state index in [1.54, 1.807) is 32.4 Å². The quantitative estimate of drug-likeness (QED) is 0.684. The number of halogens is 1. The first kappa shape index (κ1) is 18.1. The monoisotopic (exact) mass is 372 g/mol. The molecule has 0 unspecified atom stereocenters. The lowest BCUT2D eigenvalue weighted by atomic mass is 10.1. The Balaban J connectivity index is 1.70. The second kappa shape index (κ2) is 7.70. The standard InChI is InChI=1S/C20H21ClN2O3/c1-12-14(15-5-4-6-16(21)19(15)23-12)9-10-22-20(24)13-7-8-17(25-2)18(11-13)26-3/h4-8,11,23H,9-10H2,1-3H3,(H,22,24). The maximum Gasteiger partial charge on any atom is 0.251 e. The molecule has 2 N–H and O–H groups in total. The van der Waals surface area contributed by atoms with E-state index in [1.165, 1.54) is 0 Å². The topological polar surface area (TPSA) is 63.3 Å². The van der Waals surface area contributed by atoms with Crippen LogP contribution in [0.5, 0.6) is 11.5 Å². The van der Waals surface area contributed by atoms with Crippen molar-refractivity contribution in [3.8, 4) is 11.5 Å². The van der Waals surface area contributed by atoms with Crippen LogP contribution in [0.3, 0.4) is 0 Å². The van der Waals surface area contributed by atoms with E-state index >= 15 is 0 Å². The van der Waals surface area contributed by atoms with E-state index < -0.39 is 0 Å². The Labute approximate surface area is 157 Å². The Bertz CT molecular complexity index is 950. The lowest BCUT2D eigenvalue weighted by Crippen LogP contribution is -2.25. The van der Waals surface area contributed by atoms with Crippen molar-refractivity contribution in [1.82, 2.24) is 10.3 Å². The highest BCUT2D eigenvalue weighted by Gasteiger charge is 2.13. The van der Waals surface area contributed by atoms with Gasteiger partial charge in [0.15, 0.2) is 11.5 Å². The van der Waals surface area contributed by atoms with Gasteiger partial charge in [0.2, 0.25) is 0 Å². The van der Waals surface area contributed by atoms with Crippen LogP contribution in [-0.2, 0) is 6.42 Å². The Hall–Kier alpha value is -2.66. The van der Waals surface area contributed by atoms with Gasteiger partial charge in [0.1, 0.15) is 0 Å². The molecule has 2 aromatic carbocycles. The molecule has 0 saturated heterocycles. The van der Waals surface area contributed by atoms with Gasteiger partial charge in [0, 0.05) is 23.2 Å². The molecule has 0 aliphatic carbocycles. The third-order valence-electron chi connectivity index (χ3n) is 4.41. The van der Waals surface area contributed by atoms with E-state index in [4.69, 9.17) is 21.1 Å². The number of H-pyrrole nitrogens is 1. The zero-order chi connectivity index (χ0) is 18.7. The fourth-order valence-corrected chi connectivity index (χ4v) is 3.29. The predicted octanol–water partition coefficient (Wildman–Crippen LogP) is 4.12. The predicted molar refractivity (Wildman–Crippen MR) is 104 cm³/mol. The summed E-state index contributed by atoms with van der Waals surface area (Å²) in [6.45, 7) is 2.54. The highest BCUT2D eigenvalue weighted by molar-refractivity contribution is 6.35. The smallest absolute Gasteiger partial charge is 0.251 e. The lowest BCUT2D eigenvalue weighted by molar-refractivity contribution is 0.0953. The van der Waals surface area contributed by atoms with Crippen molar-refractivity contribution < 1.29 is 14.3 Å². The minimum atomic E-state index is -0.151. The van der Waals surface area contributed by atoms with E-state index in [1.807, 2.05) is 25.1 Å². The highest BCUT2D eigenvalue weighted by Crippen LogP contribution is 2.29. The SMILES string of the molecule is COc1ccc(C(=O)NCCc2c(C)[nH]c3c(Cl)cccc23)cc1OC. The van der Waals surface area contributed by atoms with Crippen LogP contribution in [0.2, 0.25) is 5.02 Å². The van der Waals surface area contributed by atoms with Gasteiger partial charge in [-0.2, -0.15) is 0 Å². The Kier molecular flexibility index (Phi) is 5.38. The summed E-state index contributed by atoms with van der Waals surface area (Å²) in [5.41, 5.74) is 3.69. The number of ether oxygens (including phenoxy) is 2. The van der Waals surface area contributed by atoms with Crippen molar-refractivity contribution in [1.29, 1.82) is 0 Å². The number of amides is 1. The number of aromatic nitrogens is 1. The van der Waals surface area contributed by atoms with Crippen LogP contribution >= 0.6 is 11.6 Å². The van der Waals surface area contributed by atoms with Gasteiger partial charge in [-0.3, -0.25) is 4.79 Å². The maximum absolute atomic E-state index is 12.4. The molecule has 0 bridgehead atoms. The molecule has 1 aromatic heterocycles.